The van der Waals surface area contributed by atoms with Crippen LogP contribution in [0, 0.1) is 28.6 Å². The second-order valence-electron chi connectivity index (χ2n) is 11.6. The average molecular weight is 434 g/mol. The second-order valence-corrected chi connectivity index (χ2v) is 11.6. The maximum Gasteiger partial charge on any atom is 0.139 e. The van der Waals surface area contributed by atoms with Crippen LogP contribution in [0.3, 0.4) is 0 Å². The van der Waals surface area contributed by atoms with Gasteiger partial charge < -0.3 is 9.64 Å². The zero-order valence-corrected chi connectivity index (χ0v) is 20.3. The first-order valence-corrected chi connectivity index (χ1v) is 12.6. The standard InChI is InChI=1S/C29H39NO2/c1-28-14-12-22(32-19-20-8-6-5-7-9-20)17-26(28)21(18-30(3)4)16-23-24-10-11-27(31)29(24,2)15-13-25(23)28/h5-9,17,23-25H,10-16,18-19H2,1-4H3/t23-,24-,25-,28+,29-/m0/s1. The summed E-state index contributed by atoms with van der Waals surface area (Å²) < 4.78 is 6.32. The Hall–Kier alpha value is -1.87. The molecule has 32 heavy (non-hydrogen) atoms. The molecule has 0 N–H and O–H groups in total. The molecule has 5 rings (SSSR count). The Morgan fingerprint density at radius 3 is 2.50 bits per heavy atom. The van der Waals surface area contributed by atoms with E-state index in [4.69, 9.17) is 4.74 Å². The fourth-order valence-corrected chi connectivity index (χ4v) is 7.73. The molecule has 1 aromatic rings. The van der Waals surface area contributed by atoms with Crippen LogP contribution in [0.15, 0.2) is 53.3 Å². The summed E-state index contributed by atoms with van der Waals surface area (Å²) in [5.41, 5.74) is 4.51. The number of carbonyl (C=O) groups excluding carboxylic acids is 1. The first-order chi connectivity index (χ1) is 15.3. The molecule has 0 amide bonds. The van der Waals surface area contributed by atoms with E-state index in [2.05, 4.69) is 69.3 Å². The topological polar surface area (TPSA) is 29.5 Å². The third-order valence-corrected chi connectivity index (χ3v) is 9.41. The molecule has 0 saturated heterocycles. The average Bonchev–Trinajstić information content (AvgIpc) is 3.08. The molecule has 0 heterocycles. The lowest BCUT2D eigenvalue weighted by atomic mass is 9.47. The van der Waals surface area contributed by atoms with Gasteiger partial charge in [-0.1, -0.05) is 49.8 Å². The van der Waals surface area contributed by atoms with Gasteiger partial charge in [0.2, 0.25) is 0 Å². The van der Waals surface area contributed by atoms with Gasteiger partial charge in [0, 0.05) is 24.8 Å². The van der Waals surface area contributed by atoms with Gasteiger partial charge in [-0.3, -0.25) is 4.79 Å². The fraction of sp³-hybridized carbons (Fsp3) is 0.621. The molecule has 4 aliphatic carbocycles. The number of nitrogens with zero attached hydrogens (tertiary/aromatic N) is 1. The van der Waals surface area contributed by atoms with Gasteiger partial charge in [-0.25, -0.2) is 0 Å². The molecule has 1 aromatic carbocycles. The van der Waals surface area contributed by atoms with Crippen LogP contribution >= 0.6 is 0 Å². The summed E-state index contributed by atoms with van der Waals surface area (Å²) in [6, 6.07) is 10.5. The van der Waals surface area contributed by atoms with E-state index in [9.17, 15) is 4.79 Å². The third-order valence-electron chi connectivity index (χ3n) is 9.41. The molecular formula is C29H39NO2. The zero-order chi connectivity index (χ0) is 22.5. The molecule has 0 unspecified atom stereocenters. The Balaban J connectivity index is 1.47. The number of ether oxygens (including phenoxy) is 1. The lowest BCUT2D eigenvalue weighted by molar-refractivity contribution is -0.131. The number of carbonyl (C=O) groups is 1. The van der Waals surface area contributed by atoms with Crippen molar-refractivity contribution in [3.05, 3.63) is 58.9 Å². The Kier molecular flexibility index (Phi) is 5.60. The number of likely N-dealkylation sites (N-methyl/N-ethyl adjacent to an activating group) is 1. The largest absolute Gasteiger partial charge is 0.493 e. The van der Waals surface area contributed by atoms with Gasteiger partial charge in [0.25, 0.3) is 0 Å². The van der Waals surface area contributed by atoms with E-state index in [-0.39, 0.29) is 10.8 Å². The minimum atomic E-state index is -0.0628. The minimum absolute atomic E-state index is 0.0628. The van der Waals surface area contributed by atoms with Crippen LogP contribution in [0.25, 0.3) is 0 Å². The molecule has 4 aliphatic rings. The molecule has 2 saturated carbocycles. The third kappa shape index (κ3) is 3.57. The Morgan fingerprint density at radius 1 is 1.00 bits per heavy atom. The van der Waals surface area contributed by atoms with E-state index in [1.54, 1.807) is 11.1 Å². The Labute approximate surface area is 193 Å². The molecule has 3 heteroatoms. The van der Waals surface area contributed by atoms with Gasteiger partial charge in [-0.15, -0.1) is 0 Å². The quantitative estimate of drug-likeness (QED) is 0.557. The molecule has 0 spiro atoms. The van der Waals surface area contributed by atoms with Gasteiger partial charge >= 0.3 is 0 Å². The Morgan fingerprint density at radius 2 is 1.75 bits per heavy atom. The van der Waals surface area contributed by atoms with Gasteiger partial charge in [0.15, 0.2) is 0 Å². The maximum atomic E-state index is 12.8. The van der Waals surface area contributed by atoms with Crippen LogP contribution in [-0.4, -0.2) is 31.3 Å². The van der Waals surface area contributed by atoms with Gasteiger partial charge in [0.1, 0.15) is 12.4 Å². The SMILES string of the molecule is CN(C)CC1=C2C=C(OCc3ccccc3)CC[C@]2(C)[C@H]2CC[C@]3(C)C(=O)CC[C@H]3[C@@H]2C1. The van der Waals surface area contributed by atoms with Crippen molar-refractivity contribution in [2.45, 2.75) is 65.4 Å². The number of Topliss-reactive ketones (excluding diaryl/α,β-unsaturated/α-hetero) is 1. The van der Waals surface area contributed by atoms with Gasteiger partial charge in [-0.05, 0) is 86.6 Å². The van der Waals surface area contributed by atoms with Crippen LogP contribution in [0.4, 0.5) is 0 Å². The van der Waals surface area contributed by atoms with Crippen LogP contribution in [0.2, 0.25) is 0 Å². The molecule has 172 valence electrons. The highest BCUT2D eigenvalue weighted by atomic mass is 16.5. The zero-order valence-electron chi connectivity index (χ0n) is 20.3. The highest BCUT2D eigenvalue weighted by Crippen LogP contribution is 2.64. The Bertz CT molecular complexity index is 945. The van der Waals surface area contributed by atoms with E-state index in [1.165, 1.54) is 18.4 Å². The normalized spacial score (nSPS) is 36.5. The second kappa shape index (κ2) is 8.17. The smallest absolute Gasteiger partial charge is 0.139 e. The van der Waals surface area contributed by atoms with Crippen molar-refractivity contribution in [2.24, 2.45) is 28.6 Å². The number of hydrogen-bond donors (Lipinski definition) is 0. The number of ketones is 1. The molecular weight excluding hydrogens is 394 g/mol. The van der Waals surface area contributed by atoms with Crippen LogP contribution in [-0.2, 0) is 16.1 Å². The number of benzene rings is 1. The van der Waals surface area contributed by atoms with Crippen molar-refractivity contribution in [1.82, 2.24) is 4.90 Å². The van der Waals surface area contributed by atoms with Crippen LogP contribution in [0.5, 0.6) is 0 Å². The summed E-state index contributed by atoms with van der Waals surface area (Å²) in [6.45, 7) is 6.47. The molecule has 0 radical (unpaired) electrons. The van der Waals surface area contributed by atoms with Crippen LogP contribution in [0.1, 0.15) is 64.4 Å². The number of rotatable bonds is 5. The number of hydrogen-bond acceptors (Lipinski definition) is 3. The molecule has 0 bridgehead atoms. The molecule has 0 aromatic heterocycles. The summed E-state index contributed by atoms with van der Waals surface area (Å²) in [7, 11) is 4.36. The van der Waals surface area contributed by atoms with Crippen molar-refractivity contribution >= 4 is 5.78 Å². The van der Waals surface area contributed by atoms with Gasteiger partial charge in [-0.2, -0.15) is 0 Å². The lowest BCUT2D eigenvalue weighted by Crippen LogP contribution is -2.50. The highest BCUT2D eigenvalue weighted by molar-refractivity contribution is 5.87. The molecule has 0 aliphatic heterocycles. The van der Waals surface area contributed by atoms with E-state index >= 15 is 0 Å². The van der Waals surface area contributed by atoms with E-state index in [1.807, 2.05) is 0 Å². The fourth-order valence-electron chi connectivity index (χ4n) is 7.73. The first-order valence-electron chi connectivity index (χ1n) is 12.6. The predicted molar refractivity (Wildman–Crippen MR) is 129 cm³/mol. The highest BCUT2D eigenvalue weighted by Gasteiger charge is 2.59. The molecule has 5 atom stereocenters. The summed E-state index contributed by atoms with van der Waals surface area (Å²) >= 11 is 0. The van der Waals surface area contributed by atoms with E-state index in [0.29, 0.717) is 30.1 Å². The van der Waals surface area contributed by atoms with Crippen molar-refractivity contribution in [3.8, 4) is 0 Å². The molecule has 3 nitrogen and oxygen atoms in total. The maximum absolute atomic E-state index is 12.8. The lowest BCUT2D eigenvalue weighted by Gasteiger charge is -2.57. The van der Waals surface area contributed by atoms with Crippen molar-refractivity contribution in [1.29, 1.82) is 0 Å². The number of allylic oxidation sites excluding steroid dienone is 3. The monoisotopic (exact) mass is 433 g/mol. The van der Waals surface area contributed by atoms with Crippen molar-refractivity contribution < 1.29 is 9.53 Å². The first kappa shape index (κ1) is 21.9. The molecule has 2 fully saturated rings. The van der Waals surface area contributed by atoms with Gasteiger partial charge in [0.05, 0.1) is 5.76 Å². The minimum Gasteiger partial charge on any atom is -0.493 e. The van der Waals surface area contributed by atoms with E-state index in [0.717, 1.165) is 44.4 Å². The van der Waals surface area contributed by atoms with Crippen molar-refractivity contribution in [2.75, 3.05) is 20.6 Å². The summed E-state index contributed by atoms with van der Waals surface area (Å²) in [5.74, 6) is 3.61. The summed E-state index contributed by atoms with van der Waals surface area (Å²) in [6.07, 6.45) is 9.96. The van der Waals surface area contributed by atoms with Crippen LogP contribution < -0.4 is 0 Å². The van der Waals surface area contributed by atoms with E-state index < -0.39 is 0 Å². The summed E-state index contributed by atoms with van der Waals surface area (Å²) in [4.78, 5) is 15.1. The predicted octanol–water partition coefficient (Wildman–Crippen LogP) is 6.16. The van der Waals surface area contributed by atoms with Crippen molar-refractivity contribution in [3.63, 3.8) is 0 Å². The number of fused-ring (bicyclic) bond motifs is 5. The summed E-state index contributed by atoms with van der Waals surface area (Å²) in [5, 5.41) is 0.